The first-order valence-electron chi connectivity index (χ1n) is 4.27. The van der Waals surface area contributed by atoms with Crippen LogP contribution >= 0.6 is 12.4 Å². The van der Waals surface area contributed by atoms with Crippen molar-refractivity contribution in [3.63, 3.8) is 0 Å². The van der Waals surface area contributed by atoms with E-state index < -0.39 is 0 Å². The fourth-order valence-corrected chi connectivity index (χ4v) is 1.37. The Balaban J connectivity index is 0.00000121. The standard InChI is InChI=1S/C8H16N2O.ClH/c1-2-8(11)10-5-3-7(9)4-6-10;/h7H,2-6,9H2,1H3;1H. The Morgan fingerprint density at radius 2 is 2.00 bits per heavy atom. The zero-order chi connectivity index (χ0) is 8.27. The maximum Gasteiger partial charge on any atom is 0.222 e. The molecule has 0 spiro atoms. The summed E-state index contributed by atoms with van der Waals surface area (Å²) in [6.07, 6.45) is 2.55. The minimum atomic E-state index is 0. The van der Waals surface area contributed by atoms with Crippen molar-refractivity contribution in [1.29, 1.82) is 0 Å². The second-order valence-electron chi connectivity index (χ2n) is 3.07. The number of amides is 1. The molecule has 0 radical (unpaired) electrons. The Bertz CT molecular complexity index is 144. The third kappa shape index (κ3) is 2.99. The van der Waals surface area contributed by atoms with Crippen LogP contribution in [0, 0.1) is 0 Å². The average molecular weight is 193 g/mol. The molecule has 72 valence electrons. The Morgan fingerprint density at radius 3 is 2.42 bits per heavy atom. The highest BCUT2D eigenvalue weighted by Crippen LogP contribution is 2.08. The van der Waals surface area contributed by atoms with Gasteiger partial charge in [-0.15, -0.1) is 12.4 Å². The van der Waals surface area contributed by atoms with Crippen LogP contribution in [0.4, 0.5) is 0 Å². The highest BCUT2D eigenvalue weighted by molar-refractivity contribution is 5.85. The van der Waals surface area contributed by atoms with Crippen LogP contribution in [0.1, 0.15) is 26.2 Å². The van der Waals surface area contributed by atoms with Crippen LogP contribution in [0.25, 0.3) is 0 Å². The van der Waals surface area contributed by atoms with Crippen molar-refractivity contribution in [3.8, 4) is 0 Å². The van der Waals surface area contributed by atoms with Gasteiger partial charge in [0.05, 0.1) is 0 Å². The minimum Gasteiger partial charge on any atom is -0.343 e. The SMILES string of the molecule is CCC(=O)N1CCC(N)CC1.Cl. The van der Waals surface area contributed by atoms with Gasteiger partial charge in [-0.05, 0) is 12.8 Å². The number of carbonyl (C=O) groups is 1. The minimum absolute atomic E-state index is 0. The summed E-state index contributed by atoms with van der Waals surface area (Å²) in [5.41, 5.74) is 5.70. The van der Waals surface area contributed by atoms with Gasteiger partial charge < -0.3 is 10.6 Å². The monoisotopic (exact) mass is 192 g/mol. The Morgan fingerprint density at radius 1 is 1.50 bits per heavy atom. The first-order valence-corrected chi connectivity index (χ1v) is 4.27. The number of carbonyl (C=O) groups excluding carboxylic acids is 1. The lowest BCUT2D eigenvalue weighted by Gasteiger charge is -2.29. The van der Waals surface area contributed by atoms with Crippen molar-refractivity contribution in [1.82, 2.24) is 4.90 Å². The van der Waals surface area contributed by atoms with Gasteiger partial charge in [-0.25, -0.2) is 0 Å². The lowest BCUT2D eigenvalue weighted by atomic mass is 10.1. The molecular formula is C8H17ClN2O. The van der Waals surface area contributed by atoms with E-state index in [2.05, 4.69) is 0 Å². The van der Waals surface area contributed by atoms with Gasteiger partial charge >= 0.3 is 0 Å². The third-order valence-corrected chi connectivity index (χ3v) is 2.19. The molecule has 1 aliphatic heterocycles. The predicted molar refractivity (Wildman–Crippen MR) is 51.3 cm³/mol. The summed E-state index contributed by atoms with van der Waals surface area (Å²) in [6, 6.07) is 0.316. The molecule has 12 heavy (non-hydrogen) atoms. The van der Waals surface area contributed by atoms with Gasteiger partial charge in [0.15, 0.2) is 0 Å². The normalized spacial score (nSPS) is 18.7. The first kappa shape index (κ1) is 11.7. The molecule has 0 aromatic heterocycles. The van der Waals surface area contributed by atoms with E-state index >= 15 is 0 Å². The molecule has 2 N–H and O–H groups in total. The van der Waals surface area contributed by atoms with E-state index in [4.69, 9.17) is 5.73 Å². The van der Waals surface area contributed by atoms with Crippen LogP contribution in [0.3, 0.4) is 0 Å². The Hall–Kier alpha value is -0.280. The predicted octanol–water partition coefficient (Wildman–Crippen LogP) is 0.768. The molecule has 0 bridgehead atoms. The topological polar surface area (TPSA) is 46.3 Å². The summed E-state index contributed by atoms with van der Waals surface area (Å²) in [5.74, 6) is 0.261. The molecule has 1 heterocycles. The maximum atomic E-state index is 11.2. The third-order valence-electron chi connectivity index (χ3n) is 2.19. The molecule has 1 aliphatic rings. The number of rotatable bonds is 1. The van der Waals surface area contributed by atoms with Crippen LogP contribution in [0.15, 0.2) is 0 Å². The van der Waals surface area contributed by atoms with E-state index in [1.54, 1.807) is 0 Å². The van der Waals surface area contributed by atoms with E-state index in [1.807, 2.05) is 11.8 Å². The maximum absolute atomic E-state index is 11.2. The Labute approximate surface area is 79.7 Å². The second kappa shape index (κ2) is 5.38. The second-order valence-corrected chi connectivity index (χ2v) is 3.07. The smallest absolute Gasteiger partial charge is 0.222 e. The number of nitrogens with zero attached hydrogens (tertiary/aromatic N) is 1. The molecule has 0 aromatic rings. The van der Waals surface area contributed by atoms with Crippen molar-refractivity contribution in [2.75, 3.05) is 13.1 Å². The van der Waals surface area contributed by atoms with Crippen LogP contribution < -0.4 is 5.73 Å². The number of nitrogens with two attached hydrogens (primary N) is 1. The quantitative estimate of drug-likeness (QED) is 0.667. The van der Waals surface area contributed by atoms with E-state index in [0.29, 0.717) is 12.5 Å². The number of piperidine rings is 1. The summed E-state index contributed by atoms with van der Waals surface area (Å²) in [6.45, 7) is 3.61. The van der Waals surface area contributed by atoms with Gasteiger partial charge in [0.2, 0.25) is 5.91 Å². The van der Waals surface area contributed by atoms with Gasteiger partial charge in [0.1, 0.15) is 0 Å². The molecule has 0 aromatic carbocycles. The molecule has 0 saturated carbocycles. The molecule has 1 rings (SSSR count). The van der Waals surface area contributed by atoms with Crippen molar-refractivity contribution < 1.29 is 4.79 Å². The lowest BCUT2D eigenvalue weighted by molar-refractivity contribution is -0.131. The van der Waals surface area contributed by atoms with Crippen molar-refractivity contribution in [3.05, 3.63) is 0 Å². The number of hydrogen-bond acceptors (Lipinski definition) is 2. The van der Waals surface area contributed by atoms with Gasteiger partial charge in [-0.2, -0.15) is 0 Å². The van der Waals surface area contributed by atoms with Crippen molar-refractivity contribution in [2.45, 2.75) is 32.2 Å². The molecular weight excluding hydrogens is 176 g/mol. The van der Waals surface area contributed by atoms with Crippen LogP contribution in [0.2, 0.25) is 0 Å². The number of hydrogen-bond donors (Lipinski definition) is 1. The highest BCUT2D eigenvalue weighted by atomic mass is 35.5. The van der Waals surface area contributed by atoms with Crippen LogP contribution in [0.5, 0.6) is 0 Å². The zero-order valence-corrected chi connectivity index (χ0v) is 8.27. The lowest BCUT2D eigenvalue weighted by Crippen LogP contribution is -2.42. The van der Waals surface area contributed by atoms with E-state index in [9.17, 15) is 4.79 Å². The molecule has 1 fully saturated rings. The fourth-order valence-electron chi connectivity index (χ4n) is 1.37. The molecule has 0 atom stereocenters. The largest absolute Gasteiger partial charge is 0.343 e. The molecule has 3 nitrogen and oxygen atoms in total. The van der Waals surface area contributed by atoms with Crippen LogP contribution in [-0.2, 0) is 4.79 Å². The number of likely N-dealkylation sites (tertiary alicyclic amines) is 1. The van der Waals surface area contributed by atoms with Crippen LogP contribution in [-0.4, -0.2) is 29.9 Å². The highest BCUT2D eigenvalue weighted by Gasteiger charge is 2.18. The summed E-state index contributed by atoms with van der Waals surface area (Å²) < 4.78 is 0. The average Bonchev–Trinajstić information content (AvgIpc) is 2.05. The Kier molecular flexibility index (Phi) is 5.25. The molecule has 4 heteroatoms. The van der Waals surface area contributed by atoms with Gasteiger partial charge in [-0.3, -0.25) is 4.79 Å². The first-order chi connectivity index (χ1) is 5.24. The number of halogens is 1. The van der Waals surface area contributed by atoms with E-state index in [0.717, 1.165) is 25.9 Å². The van der Waals surface area contributed by atoms with Gasteiger partial charge in [0, 0.05) is 25.6 Å². The summed E-state index contributed by atoms with van der Waals surface area (Å²) in [4.78, 5) is 13.1. The molecule has 1 amide bonds. The molecule has 0 aliphatic carbocycles. The van der Waals surface area contributed by atoms with Crippen molar-refractivity contribution in [2.24, 2.45) is 5.73 Å². The summed E-state index contributed by atoms with van der Waals surface area (Å²) >= 11 is 0. The van der Waals surface area contributed by atoms with E-state index in [1.165, 1.54) is 0 Å². The van der Waals surface area contributed by atoms with E-state index in [-0.39, 0.29) is 18.3 Å². The van der Waals surface area contributed by atoms with Crippen molar-refractivity contribution >= 4 is 18.3 Å². The summed E-state index contributed by atoms with van der Waals surface area (Å²) in [5, 5.41) is 0. The molecule has 1 saturated heterocycles. The summed E-state index contributed by atoms with van der Waals surface area (Å²) in [7, 11) is 0. The fraction of sp³-hybridized carbons (Fsp3) is 0.875. The van der Waals surface area contributed by atoms with Gasteiger partial charge in [0.25, 0.3) is 0 Å². The van der Waals surface area contributed by atoms with Gasteiger partial charge in [-0.1, -0.05) is 6.92 Å². The zero-order valence-electron chi connectivity index (χ0n) is 7.45. The molecule has 0 unspecified atom stereocenters.